The zero-order valence-corrected chi connectivity index (χ0v) is 14.2. The third-order valence-electron chi connectivity index (χ3n) is 3.65. The predicted molar refractivity (Wildman–Crippen MR) is 92.2 cm³/mol. The Morgan fingerprint density at radius 1 is 0.957 bits per heavy atom. The summed E-state index contributed by atoms with van der Waals surface area (Å²) in [5.74, 6) is 0.541. The van der Waals surface area contributed by atoms with E-state index in [1.807, 2.05) is 18.2 Å². The molecule has 0 saturated heterocycles. The van der Waals surface area contributed by atoms with Crippen LogP contribution in [0.25, 0.3) is 0 Å². The van der Waals surface area contributed by atoms with E-state index in [0.29, 0.717) is 22.2 Å². The molecule has 2 N–H and O–H groups in total. The second-order valence-electron chi connectivity index (χ2n) is 5.46. The first-order valence-corrected chi connectivity index (χ1v) is 8.36. The molecular formula is C18H19BrO4. The molecule has 0 aliphatic carbocycles. The van der Waals surface area contributed by atoms with Gasteiger partial charge in [0.15, 0.2) is 5.78 Å². The molecule has 0 atom stereocenters. The monoisotopic (exact) mass is 378 g/mol. The summed E-state index contributed by atoms with van der Waals surface area (Å²) in [5.41, 5.74) is 0.498. The first-order chi connectivity index (χ1) is 11.1. The maximum atomic E-state index is 12.3. The van der Waals surface area contributed by atoms with Gasteiger partial charge in [-0.05, 0) is 24.3 Å². The molecule has 2 aromatic carbocycles. The van der Waals surface area contributed by atoms with Crippen molar-refractivity contribution in [2.24, 2.45) is 5.41 Å². The van der Waals surface area contributed by atoms with Crippen molar-refractivity contribution in [1.82, 2.24) is 0 Å². The fourth-order valence-corrected chi connectivity index (χ4v) is 2.48. The molecule has 0 heterocycles. The van der Waals surface area contributed by atoms with Crippen molar-refractivity contribution >= 4 is 21.7 Å². The lowest BCUT2D eigenvalue weighted by Crippen LogP contribution is -2.38. The lowest BCUT2D eigenvalue weighted by molar-refractivity contribution is 0.0334. The van der Waals surface area contributed by atoms with Gasteiger partial charge in [0, 0.05) is 16.5 Å². The Labute approximate surface area is 143 Å². The van der Waals surface area contributed by atoms with Crippen LogP contribution in [0.5, 0.6) is 5.75 Å². The zero-order chi connectivity index (χ0) is 16.7. The Bertz CT molecular complexity index is 613. The van der Waals surface area contributed by atoms with E-state index < -0.39 is 5.41 Å². The van der Waals surface area contributed by atoms with E-state index in [2.05, 4.69) is 15.9 Å². The highest BCUT2D eigenvalue weighted by atomic mass is 79.9. The molecule has 0 fully saturated rings. The molecule has 0 bridgehead atoms. The van der Waals surface area contributed by atoms with Gasteiger partial charge in [-0.15, -0.1) is 0 Å². The summed E-state index contributed by atoms with van der Waals surface area (Å²) in [7, 11) is 0. The van der Waals surface area contributed by atoms with Crippen LogP contribution >= 0.6 is 15.9 Å². The Morgan fingerprint density at radius 2 is 1.52 bits per heavy atom. The fraction of sp³-hybridized carbons (Fsp3) is 0.278. The van der Waals surface area contributed by atoms with E-state index in [0.717, 1.165) is 0 Å². The predicted octanol–water partition coefficient (Wildman–Crippen LogP) is 2.66. The molecule has 0 spiro atoms. The summed E-state index contributed by atoms with van der Waals surface area (Å²) in [6.45, 7) is -0.185. The van der Waals surface area contributed by atoms with Crippen molar-refractivity contribution in [3.05, 3.63) is 65.7 Å². The summed E-state index contributed by atoms with van der Waals surface area (Å²) in [5, 5.41) is 19.2. The number of carbonyl (C=O) groups excluding carboxylic acids is 1. The maximum absolute atomic E-state index is 12.3. The molecule has 0 unspecified atom stereocenters. The molecule has 4 nitrogen and oxygen atoms in total. The van der Waals surface area contributed by atoms with E-state index in [4.69, 9.17) is 4.74 Å². The number of aliphatic hydroxyl groups excluding tert-OH is 2. The average Bonchev–Trinajstić information content (AvgIpc) is 2.64. The lowest BCUT2D eigenvalue weighted by atomic mass is 9.94. The van der Waals surface area contributed by atoms with Crippen molar-refractivity contribution in [2.75, 3.05) is 25.2 Å². The number of rotatable bonds is 8. The first-order valence-electron chi connectivity index (χ1n) is 7.24. The van der Waals surface area contributed by atoms with Crippen LogP contribution in [0.4, 0.5) is 0 Å². The molecule has 2 rings (SSSR count). The van der Waals surface area contributed by atoms with E-state index in [1.54, 1.807) is 36.4 Å². The Balaban J connectivity index is 2.04. The maximum Gasteiger partial charge on any atom is 0.193 e. The minimum absolute atomic E-state index is 0.0438. The molecule has 2 aromatic rings. The van der Waals surface area contributed by atoms with Gasteiger partial charge < -0.3 is 14.9 Å². The van der Waals surface area contributed by atoms with Crippen molar-refractivity contribution in [3.8, 4) is 5.75 Å². The van der Waals surface area contributed by atoms with Crippen LogP contribution in [-0.2, 0) is 0 Å². The summed E-state index contributed by atoms with van der Waals surface area (Å²) >= 11 is 3.28. The number of ketones is 1. The van der Waals surface area contributed by atoms with Crippen molar-refractivity contribution < 1.29 is 19.7 Å². The smallest absolute Gasteiger partial charge is 0.193 e. The summed E-state index contributed by atoms with van der Waals surface area (Å²) < 4.78 is 5.62. The van der Waals surface area contributed by atoms with Crippen LogP contribution in [-0.4, -0.2) is 41.1 Å². The van der Waals surface area contributed by atoms with Crippen LogP contribution in [0.15, 0.2) is 54.6 Å². The highest BCUT2D eigenvalue weighted by molar-refractivity contribution is 9.09. The van der Waals surface area contributed by atoms with E-state index in [-0.39, 0.29) is 25.6 Å². The summed E-state index contributed by atoms with van der Waals surface area (Å²) in [6.07, 6.45) is 0. The Morgan fingerprint density at radius 3 is 2.04 bits per heavy atom. The van der Waals surface area contributed by atoms with Gasteiger partial charge in [0.05, 0.1) is 25.2 Å². The molecule has 0 aromatic heterocycles. The largest absolute Gasteiger partial charge is 0.493 e. The van der Waals surface area contributed by atoms with Crippen LogP contribution < -0.4 is 4.74 Å². The number of ether oxygens (including phenoxy) is 1. The molecule has 0 aliphatic rings. The van der Waals surface area contributed by atoms with Gasteiger partial charge in [-0.3, -0.25) is 4.79 Å². The minimum atomic E-state index is -0.724. The van der Waals surface area contributed by atoms with Gasteiger partial charge in [0.1, 0.15) is 5.75 Å². The third-order valence-corrected chi connectivity index (χ3v) is 4.84. The number of aliphatic hydroxyl groups is 2. The Kier molecular flexibility index (Phi) is 6.33. The number of carbonyl (C=O) groups is 1. The molecule has 0 aliphatic heterocycles. The normalized spacial score (nSPS) is 11.3. The molecule has 122 valence electrons. The van der Waals surface area contributed by atoms with E-state index >= 15 is 0 Å². The van der Waals surface area contributed by atoms with Gasteiger partial charge >= 0.3 is 0 Å². The van der Waals surface area contributed by atoms with Crippen LogP contribution in [0.3, 0.4) is 0 Å². The number of alkyl halides is 1. The number of hydrogen-bond acceptors (Lipinski definition) is 4. The lowest BCUT2D eigenvalue weighted by Gasteiger charge is -2.27. The number of hydrogen-bond donors (Lipinski definition) is 2. The summed E-state index contributed by atoms with van der Waals surface area (Å²) in [6, 6.07) is 15.9. The molecule has 5 heteroatoms. The van der Waals surface area contributed by atoms with Crippen molar-refractivity contribution in [3.63, 3.8) is 0 Å². The number of benzene rings is 2. The number of halogens is 1. The highest BCUT2D eigenvalue weighted by Crippen LogP contribution is 2.22. The first kappa shape index (κ1) is 17.7. The molecular weight excluding hydrogens is 360 g/mol. The van der Waals surface area contributed by atoms with Gasteiger partial charge in [-0.1, -0.05) is 46.3 Å². The molecule has 23 heavy (non-hydrogen) atoms. The highest BCUT2D eigenvalue weighted by Gasteiger charge is 2.28. The topological polar surface area (TPSA) is 66.8 Å². The zero-order valence-electron chi connectivity index (χ0n) is 12.6. The second kappa shape index (κ2) is 8.24. The fourth-order valence-electron chi connectivity index (χ4n) is 1.96. The average molecular weight is 379 g/mol. The second-order valence-corrected chi connectivity index (χ2v) is 6.02. The van der Waals surface area contributed by atoms with Gasteiger partial charge in [0.2, 0.25) is 0 Å². The van der Waals surface area contributed by atoms with E-state index in [9.17, 15) is 15.0 Å². The minimum Gasteiger partial charge on any atom is -0.493 e. The Hall–Kier alpha value is -1.69. The van der Waals surface area contributed by atoms with E-state index in [1.165, 1.54) is 0 Å². The molecule has 0 saturated carbocycles. The molecule has 0 amide bonds. The third kappa shape index (κ3) is 4.41. The van der Waals surface area contributed by atoms with Crippen LogP contribution in [0, 0.1) is 5.41 Å². The standard InChI is InChI=1S/C18H19BrO4/c19-10-18(11-20,12-21)13-23-16-8-6-15(7-9-16)17(22)14-4-2-1-3-5-14/h1-9,20-21H,10-13H2. The van der Waals surface area contributed by atoms with Crippen LogP contribution in [0.1, 0.15) is 15.9 Å². The van der Waals surface area contributed by atoms with Crippen molar-refractivity contribution in [2.45, 2.75) is 0 Å². The van der Waals surface area contributed by atoms with Gasteiger partial charge in [-0.25, -0.2) is 0 Å². The van der Waals surface area contributed by atoms with Gasteiger partial charge in [-0.2, -0.15) is 0 Å². The quantitative estimate of drug-likeness (QED) is 0.547. The SMILES string of the molecule is O=C(c1ccccc1)c1ccc(OCC(CO)(CO)CBr)cc1. The van der Waals surface area contributed by atoms with Crippen molar-refractivity contribution in [1.29, 1.82) is 0 Å². The van der Waals surface area contributed by atoms with Crippen LogP contribution in [0.2, 0.25) is 0 Å². The van der Waals surface area contributed by atoms with Gasteiger partial charge in [0.25, 0.3) is 0 Å². The molecule has 0 radical (unpaired) electrons. The summed E-state index contributed by atoms with van der Waals surface area (Å²) in [4.78, 5) is 12.3.